The molecule has 108 valence electrons. The molecule has 0 aliphatic heterocycles. The third-order valence-corrected chi connectivity index (χ3v) is 2.36. The van der Waals surface area contributed by atoms with Gasteiger partial charge in [-0.2, -0.15) is 18.3 Å². The van der Waals surface area contributed by atoms with Crippen LogP contribution in [0.1, 0.15) is 24.6 Å². The third-order valence-electron chi connectivity index (χ3n) is 2.36. The van der Waals surface area contributed by atoms with Gasteiger partial charge in [0.1, 0.15) is 6.54 Å². The number of carbonyl (C=O) groups excluding carboxylic acids is 1. The number of aliphatic hydroxyl groups is 1. The number of halogens is 3. The monoisotopic (exact) mass is 279 g/mol. The molecule has 1 aromatic rings. The number of aromatic nitrogens is 2. The molecule has 0 bridgehead atoms. The molecule has 0 aliphatic rings. The van der Waals surface area contributed by atoms with Crippen LogP contribution in [0.3, 0.4) is 0 Å². The zero-order valence-electron chi connectivity index (χ0n) is 10.5. The Morgan fingerprint density at radius 3 is 2.74 bits per heavy atom. The summed E-state index contributed by atoms with van der Waals surface area (Å²) in [6.45, 7) is 1.66. The Kier molecular flexibility index (Phi) is 5.34. The van der Waals surface area contributed by atoms with Crippen LogP contribution in [0.4, 0.5) is 13.2 Å². The summed E-state index contributed by atoms with van der Waals surface area (Å²) < 4.78 is 38.9. The van der Waals surface area contributed by atoms with Gasteiger partial charge in [0.05, 0.1) is 0 Å². The van der Waals surface area contributed by atoms with E-state index in [0.717, 1.165) is 17.3 Å². The summed E-state index contributed by atoms with van der Waals surface area (Å²) in [4.78, 5) is 11.4. The fourth-order valence-electron chi connectivity index (χ4n) is 1.55. The van der Waals surface area contributed by atoms with Crippen molar-refractivity contribution < 1.29 is 23.1 Å². The highest BCUT2D eigenvalue weighted by Gasteiger charge is 2.36. The number of nitrogens with one attached hydrogen (secondary N) is 1. The molecule has 0 fully saturated rings. The van der Waals surface area contributed by atoms with Crippen molar-refractivity contribution in [2.24, 2.45) is 0 Å². The molecule has 0 saturated carbocycles. The molecule has 1 heterocycles. The van der Waals surface area contributed by atoms with Gasteiger partial charge < -0.3 is 10.4 Å². The van der Waals surface area contributed by atoms with E-state index in [-0.39, 0.29) is 18.5 Å². The van der Waals surface area contributed by atoms with Gasteiger partial charge >= 0.3 is 6.18 Å². The highest BCUT2D eigenvalue weighted by Crippen LogP contribution is 2.30. The molecule has 0 aromatic carbocycles. The van der Waals surface area contributed by atoms with Crippen molar-refractivity contribution in [3.8, 4) is 0 Å². The number of rotatable bonds is 6. The normalized spacial score (nSPS) is 11.6. The van der Waals surface area contributed by atoms with Gasteiger partial charge in [-0.3, -0.25) is 9.48 Å². The summed E-state index contributed by atoms with van der Waals surface area (Å²) in [5.74, 6) is -0.395. The van der Waals surface area contributed by atoms with Crippen LogP contribution >= 0.6 is 0 Å². The van der Waals surface area contributed by atoms with E-state index in [1.807, 2.05) is 6.92 Å². The molecule has 5 nitrogen and oxygen atoms in total. The van der Waals surface area contributed by atoms with Crippen molar-refractivity contribution in [1.82, 2.24) is 15.1 Å². The lowest BCUT2D eigenvalue weighted by Gasteiger charge is -2.04. The average molecular weight is 279 g/mol. The van der Waals surface area contributed by atoms with E-state index in [1.165, 1.54) is 0 Å². The number of hydrogen-bond acceptors (Lipinski definition) is 3. The van der Waals surface area contributed by atoms with E-state index in [0.29, 0.717) is 6.54 Å². The number of amides is 1. The summed E-state index contributed by atoms with van der Waals surface area (Å²) in [6, 6.07) is 0. The third kappa shape index (κ3) is 4.55. The first-order valence-electron chi connectivity index (χ1n) is 5.89. The summed E-state index contributed by atoms with van der Waals surface area (Å²) in [5.41, 5.74) is -1.16. The molecule has 8 heteroatoms. The molecular formula is C11H16F3N3O2. The SMILES string of the molecule is CCCNC(=O)Cn1cc(CCO)c(C(F)(F)F)n1. The van der Waals surface area contributed by atoms with Crippen LogP contribution in [0.15, 0.2) is 6.20 Å². The van der Waals surface area contributed by atoms with Gasteiger partial charge in [-0.05, 0) is 12.8 Å². The minimum absolute atomic E-state index is 0.113. The predicted molar refractivity (Wildman–Crippen MR) is 61.3 cm³/mol. The van der Waals surface area contributed by atoms with E-state index in [4.69, 9.17) is 5.11 Å². The number of aliphatic hydroxyl groups excluding tert-OH is 1. The van der Waals surface area contributed by atoms with Crippen LogP contribution < -0.4 is 5.32 Å². The molecule has 0 aliphatic carbocycles. The first-order valence-corrected chi connectivity index (χ1v) is 5.89. The Morgan fingerprint density at radius 2 is 2.21 bits per heavy atom. The standard InChI is InChI=1S/C11H16F3N3O2/c1-2-4-15-9(19)7-17-6-8(3-5-18)10(16-17)11(12,13)14/h6,18H,2-5,7H2,1H3,(H,15,19). The topological polar surface area (TPSA) is 67.2 Å². The van der Waals surface area contributed by atoms with Crippen LogP contribution in [-0.4, -0.2) is 33.9 Å². The van der Waals surface area contributed by atoms with Crippen LogP contribution in [0.5, 0.6) is 0 Å². The average Bonchev–Trinajstić information content (AvgIpc) is 2.69. The van der Waals surface area contributed by atoms with Gasteiger partial charge in [0.25, 0.3) is 0 Å². The molecular weight excluding hydrogens is 263 g/mol. The number of nitrogens with zero attached hydrogens (tertiary/aromatic N) is 2. The van der Waals surface area contributed by atoms with Crippen molar-refractivity contribution >= 4 is 5.91 Å². The van der Waals surface area contributed by atoms with Gasteiger partial charge in [0, 0.05) is 24.9 Å². The maximum absolute atomic E-state index is 12.7. The molecule has 0 spiro atoms. The summed E-state index contributed by atoms with van der Waals surface area (Å²) >= 11 is 0. The van der Waals surface area contributed by atoms with Crippen LogP contribution in [0, 0.1) is 0 Å². The molecule has 0 radical (unpaired) electrons. The van der Waals surface area contributed by atoms with Gasteiger partial charge in [0.15, 0.2) is 5.69 Å². The van der Waals surface area contributed by atoms with Gasteiger partial charge in [-0.15, -0.1) is 0 Å². The van der Waals surface area contributed by atoms with Crippen molar-refractivity contribution in [2.75, 3.05) is 13.2 Å². The zero-order valence-corrected chi connectivity index (χ0v) is 10.5. The fourth-order valence-corrected chi connectivity index (χ4v) is 1.55. The summed E-state index contributed by atoms with van der Waals surface area (Å²) in [5, 5.41) is 14.7. The van der Waals surface area contributed by atoms with Crippen LogP contribution in [0.25, 0.3) is 0 Å². The highest BCUT2D eigenvalue weighted by molar-refractivity contribution is 5.75. The Morgan fingerprint density at radius 1 is 1.53 bits per heavy atom. The second-order valence-electron chi connectivity index (χ2n) is 4.02. The van der Waals surface area contributed by atoms with Gasteiger partial charge in [-0.25, -0.2) is 0 Å². The number of alkyl halides is 3. The maximum atomic E-state index is 12.7. The molecule has 1 aromatic heterocycles. The Hall–Kier alpha value is -1.57. The Labute approximate surface area is 108 Å². The highest BCUT2D eigenvalue weighted by atomic mass is 19.4. The zero-order chi connectivity index (χ0) is 14.5. The quantitative estimate of drug-likeness (QED) is 0.815. The van der Waals surface area contributed by atoms with Crippen molar-refractivity contribution in [2.45, 2.75) is 32.5 Å². The minimum atomic E-state index is -4.59. The van der Waals surface area contributed by atoms with E-state index in [1.54, 1.807) is 0 Å². The predicted octanol–water partition coefficient (Wildman–Crippen LogP) is 0.963. The first-order chi connectivity index (χ1) is 8.88. The molecule has 1 rings (SSSR count). The smallest absolute Gasteiger partial charge is 0.396 e. The number of carbonyl (C=O) groups is 1. The molecule has 1 amide bonds. The lowest BCUT2D eigenvalue weighted by molar-refractivity contribution is -0.142. The summed E-state index contributed by atoms with van der Waals surface area (Å²) in [7, 11) is 0. The van der Waals surface area contributed by atoms with E-state index < -0.39 is 24.4 Å². The fraction of sp³-hybridized carbons (Fsp3) is 0.636. The van der Waals surface area contributed by atoms with E-state index in [2.05, 4.69) is 10.4 Å². The van der Waals surface area contributed by atoms with E-state index in [9.17, 15) is 18.0 Å². The number of hydrogen-bond donors (Lipinski definition) is 2. The van der Waals surface area contributed by atoms with Gasteiger partial charge in [-0.1, -0.05) is 6.92 Å². The first kappa shape index (κ1) is 15.5. The lowest BCUT2D eigenvalue weighted by atomic mass is 10.2. The molecule has 19 heavy (non-hydrogen) atoms. The van der Waals surface area contributed by atoms with Gasteiger partial charge in [0.2, 0.25) is 5.91 Å². The van der Waals surface area contributed by atoms with Crippen LogP contribution in [-0.2, 0) is 23.9 Å². The van der Waals surface area contributed by atoms with E-state index >= 15 is 0 Å². The Balaban J connectivity index is 2.83. The largest absolute Gasteiger partial charge is 0.435 e. The van der Waals surface area contributed by atoms with Crippen molar-refractivity contribution in [1.29, 1.82) is 0 Å². The molecule has 2 N–H and O–H groups in total. The minimum Gasteiger partial charge on any atom is -0.396 e. The maximum Gasteiger partial charge on any atom is 0.435 e. The second kappa shape index (κ2) is 6.55. The summed E-state index contributed by atoms with van der Waals surface area (Å²) in [6.07, 6.45) is -2.85. The molecule has 0 saturated heterocycles. The Bertz CT molecular complexity index is 429. The van der Waals surface area contributed by atoms with Crippen molar-refractivity contribution in [3.05, 3.63) is 17.5 Å². The second-order valence-corrected chi connectivity index (χ2v) is 4.02. The molecule has 0 atom stereocenters. The van der Waals surface area contributed by atoms with Crippen LogP contribution in [0.2, 0.25) is 0 Å². The van der Waals surface area contributed by atoms with Crippen molar-refractivity contribution in [3.63, 3.8) is 0 Å². The lowest BCUT2D eigenvalue weighted by Crippen LogP contribution is -2.28. The molecule has 0 unspecified atom stereocenters.